The smallest absolute Gasteiger partial charge is 0.123 e. The molecule has 0 aliphatic rings. The van der Waals surface area contributed by atoms with Crippen molar-refractivity contribution in [3.05, 3.63) is 42.5 Å². The van der Waals surface area contributed by atoms with Gasteiger partial charge in [0, 0.05) is 5.92 Å². The Morgan fingerprint density at radius 3 is 2.11 bits per heavy atom. The molecule has 0 unspecified atom stereocenters. The summed E-state index contributed by atoms with van der Waals surface area (Å²) < 4.78 is 0. The third-order valence-electron chi connectivity index (χ3n) is 4.09. The van der Waals surface area contributed by atoms with Crippen molar-refractivity contribution >= 4 is 19.5 Å². The monoisotopic (exact) mass is 274 g/mol. The Morgan fingerprint density at radius 1 is 1.11 bits per heavy atom. The molecule has 1 rings (SSSR count). The number of hydrogen-bond donors (Lipinski definition) is 0. The summed E-state index contributed by atoms with van der Waals surface area (Å²) in [6.07, 6.45) is 5.51. The van der Waals surface area contributed by atoms with E-state index in [1.54, 1.807) is 0 Å². The summed E-state index contributed by atoms with van der Waals surface area (Å²) in [4.78, 5) is 11.5. The summed E-state index contributed by atoms with van der Waals surface area (Å²) in [5.41, 5.74) is 0.359. The normalized spacial score (nSPS) is 15.7. The predicted molar refractivity (Wildman–Crippen MR) is 86.5 cm³/mol. The van der Waals surface area contributed by atoms with Crippen molar-refractivity contribution < 1.29 is 4.79 Å². The number of rotatable bonds is 6. The van der Waals surface area contributed by atoms with Gasteiger partial charge in [0.25, 0.3) is 0 Å². The van der Waals surface area contributed by atoms with Crippen molar-refractivity contribution in [3.63, 3.8) is 0 Å². The van der Waals surface area contributed by atoms with E-state index in [2.05, 4.69) is 69.4 Å². The molecule has 1 nitrogen and oxygen atoms in total. The molecule has 104 valence electrons. The van der Waals surface area contributed by atoms with Crippen LogP contribution in [0.4, 0.5) is 0 Å². The van der Waals surface area contributed by atoms with Gasteiger partial charge in [-0.2, -0.15) is 0 Å². The first-order valence-electron chi connectivity index (χ1n) is 7.08. The van der Waals surface area contributed by atoms with Gasteiger partial charge in [0.1, 0.15) is 6.29 Å². The second kappa shape index (κ2) is 6.85. The Hall–Kier alpha value is -1.15. The molecule has 0 aliphatic heterocycles. The maximum Gasteiger partial charge on any atom is 0.123 e. The minimum atomic E-state index is -1.69. The molecule has 2 atom stereocenters. The largest absolute Gasteiger partial charge is 0.303 e. The fraction of sp³-hybridized carbons (Fsp3) is 0.471. The second-order valence-corrected chi connectivity index (χ2v) is 10.8. The highest BCUT2D eigenvalue weighted by Crippen LogP contribution is 2.34. The molecule has 0 heterocycles. The summed E-state index contributed by atoms with van der Waals surface area (Å²) in [6.45, 7) is 11.1. The van der Waals surface area contributed by atoms with E-state index in [4.69, 9.17) is 0 Å². The van der Waals surface area contributed by atoms with Crippen LogP contribution in [0.25, 0.3) is 0 Å². The Bertz CT molecular complexity index is 420. The Kier molecular flexibility index (Phi) is 5.74. The standard InChI is InChI=1S/C17H26OSi/c1-6-10-17(16(13-18)14(2)3)19(4,5)15-11-8-7-9-12-15/h6-14,16-17H,1-5H3/b10-6+/t16-,17-/m1/s1. The first kappa shape index (κ1) is 15.9. The summed E-state index contributed by atoms with van der Waals surface area (Å²) in [7, 11) is -1.69. The van der Waals surface area contributed by atoms with Gasteiger partial charge in [-0.15, -0.1) is 0 Å². The van der Waals surface area contributed by atoms with Crippen LogP contribution >= 0.6 is 0 Å². The average Bonchev–Trinajstić information content (AvgIpc) is 2.39. The first-order valence-corrected chi connectivity index (χ1v) is 10.2. The fourth-order valence-electron chi connectivity index (χ4n) is 2.77. The minimum Gasteiger partial charge on any atom is -0.303 e. The molecule has 0 radical (unpaired) electrons. The lowest BCUT2D eigenvalue weighted by Crippen LogP contribution is -2.48. The maximum atomic E-state index is 11.5. The van der Waals surface area contributed by atoms with E-state index in [1.165, 1.54) is 5.19 Å². The zero-order chi connectivity index (χ0) is 14.5. The molecule has 0 fully saturated rings. The van der Waals surface area contributed by atoms with E-state index < -0.39 is 8.07 Å². The van der Waals surface area contributed by atoms with Crippen molar-refractivity contribution in [2.45, 2.75) is 39.4 Å². The van der Waals surface area contributed by atoms with Crippen molar-refractivity contribution in [2.24, 2.45) is 11.8 Å². The van der Waals surface area contributed by atoms with Crippen LogP contribution < -0.4 is 5.19 Å². The van der Waals surface area contributed by atoms with Gasteiger partial charge >= 0.3 is 0 Å². The quantitative estimate of drug-likeness (QED) is 0.435. The van der Waals surface area contributed by atoms with Crippen LogP contribution in [0.3, 0.4) is 0 Å². The lowest BCUT2D eigenvalue weighted by molar-refractivity contribution is -0.112. The molecule has 0 bridgehead atoms. The molecule has 0 spiro atoms. The van der Waals surface area contributed by atoms with Gasteiger partial charge in [0.15, 0.2) is 0 Å². The molecule has 0 aromatic heterocycles. The van der Waals surface area contributed by atoms with Crippen LogP contribution in [0.1, 0.15) is 20.8 Å². The Balaban J connectivity index is 3.21. The second-order valence-electron chi connectivity index (χ2n) is 6.10. The van der Waals surface area contributed by atoms with Gasteiger partial charge in [-0.3, -0.25) is 0 Å². The lowest BCUT2D eigenvalue weighted by atomic mass is 9.93. The molecular weight excluding hydrogens is 248 g/mol. The molecular formula is C17H26OSi. The van der Waals surface area contributed by atoms with Crippen molar-refractivity contribution in [1.82, 2.24) is 0 Å². The van der Waals surface area contributed by atoms with Crippen LogP contribution in [-0.4, -0.2) is 14.4 Å². The van der Waals surface area contributed by atoms with E-state index in [-0.39, 0.29) is 5.92 Å². The third kappa shape index (κ3) is 3.66. The molecule has 0 amide bonds. The van der Waals surface area contributed by atoms with Gasteiger partial charge in [0.2, 0.25) is 0 Å². The number of allylic oxidation sites excluding steroid dienone is 2. The summed E-state index contributed by atoms with van der Waals surface area (Å²) in [6, 6.07) is 10.7. The Labute approximate surface area is 118 Å². The molecule has 19 heavy (non-hydrogen) atoms. The number of benzene rings is 1. The summed E-state index contributed by atoms with van der Waals surface area (Å²) in [5.74, 6) is 0.493. The zero-order valence-corrected chi connectivity index (χ0v) is 13.8. The number of hydrogen-bond acceptors (Lipinski definition) is 1. The summed E-state index contributed by atoms with van der Waals surface area (Å²) in [5, 5.41) is 1.42. The fourth-order valence-corrected chi connectivity index (χ4v) is 6.31. The van der Waals surface area contributed by atoms with Crippen LogP contribution in [-0.2, 0) is 4.79 Å². The van der Waals surface area contributed by atoms with Crippen LogP contribution in [0.2, 0.25) is 18.6 Å². The third-order valence-corrected chi connectivity index (χ3v) is 8.16. The van der Waals surface area contributed by atoms with E-state index >= 15 is 0 Å². The van der Waals surface area contributed by atoms with Gasteiger partial charge in [-0.25, -0.2) is 0 Å². The Morgan fingerprint density at radius 2 is 1.68 bits per heavy atom. The van der Waals surface area contributed by atoms with Crippen molar-refractivity contribution in [2.75, 3.05) is 0 Å². The molecule has 0 saturated carbocycles. The minimum absolute atomic E-state index is 0.109. The lowest BCUT2D eigenvalue weighted by Gasteiger charge is -2.36. The van der Waals surface area contributed by atoms with E-state index in [0.29, 0.717) is 11.5 Å². The molecule has 0 saturated heterocycles. The highest BCUT2D eigenvalue weighted by Gasteiger charge is 2.38. The van der Waals surface area contributed by atoms with Gasteiger partial charge < -0.3 is 4.79 Å². The number of carbonyl (C=O) groups is 1. The van der Waals surface area contributed by atoms with E-state index in [9.17, 15) is 4.79 Å². The molecule has 1 aromatic carbocycles. The maximum absolute atomic E-state index is 11.5. The van der Waals surface area contributed by atoms with Gasteiger partial charge in [-0.05, 0) is 18.4 Å². The van der Waals surface area contributed by atoms with Crippen LogP contribution in [0.5, 0.6) is 0 Å². The van der Waals surface area contributed by atoms with Crippen molar-refractivity contribution in [3.8, 4) is 0 Å². The highest BCUT2D eigenvalue weighted by molar-refractivity contribution is 6.91. The number of aldehydes is 1. The van der Waals surface area contributed by atoms with Gasteiger partial charge in [0.05, 0.1) is 8.07 Å². The highest BCUT2D eigenvalue weighted by atomic mass is 28.3. The molecule has 0 aliphatic carbocycles. The van der Waals surface area contributed by atoms with Crippen molar-refractivity contribution in [1.29, 1.82) is 0 Å². The molecule has 1 aromatic rings. The first-order chi connectivity index (χ1) is 8.95. The van der Waals surface area contributed by atoms with Crippen LogP contribution in [0, 0.1) is 11.8 Å². The van der Waals surface area contributed by atoms with Crippen LogP contribution in [0.15, 0.2) is 42.5 Å². The van der Waals surface area contributed by atoms with Gasteiger partial charge in [-0.1, -0.05) is 74.6 Å². The number of carbonyl (C=O) groups excluding carboxylic acids is 1. The predicted octanol–water partition coefficient (Wildman–Crippen LogP) is 4.02. The van der Waals surface area contributed by atoms with E-state index in [0.717, 1.165) is 6.29 Å². The van der Waals surface area contributed by atoms with E-state index in [1.807, 2.05) is 6.92 Å². The zero-order valence-electron chi connectivity index (χ0n) is 12.8. The summed E-state index contributed by atoms with van der Waals surface area (Å²) >= 11 is 0. The molecule has 2 heteroatoms. The topological polar surface area (TPSA) is 17.1 Å². The SMILES string of the molecule is C/C=C/[C@H]([C@H](C=O)C(C)C)[Si](C)(C)c1ccccc1. The average molecular weight is 274 g/mol. The molecule has 0 N–H and O–H groups in total.